The zero-order valence-corrected chi connectivity index (χ0v) is 15.4. The van der Waals surface area contributed by atoms with Crippen LogP contribution in [0.25, 0.3) is 11.5 Å². The van der Waals surface area contributed by atoms with Crippen molar-refractivity contribution in [3.63, 3.8) is 0 Å². The van der Waals surface area contributed by atoms with Crippen LogP contribution in [-0.4, -0.2) is 4.99 Å². The van der Waals surface area contributed by atoms with Crippen LogP contribution in [0.3, 0.4) is 0 Å². The fourth-order valence-electron chi connectivity index (χ4n) is 2.43. The number of benzene rings is 2. The minimum absolute atomic E-state index is 0.0263. The van der Waals surface area contributed by atoms with Gasteiger partial charge in [0, 0.05) is 23.2 Å². The number of pyridine rings is 1. The summed E-state index contributed by atoms with van der Waals surface area (Å²) in [7, 11) is 0. The maximum Gasteiger partial charge on any atom is 0.238 e. The van der Waals surface area contributed by atoms with E-state index < -0.39 is 17.4 Å². The molecule has 3 rings (SSSR count). The van der Waals surface area contributed by atoms with Gasteiger partial charge in [0.1, 0.15) is 11.6 Å². The highest BCUT2D eigenvalue weighted by Gasteiger charge is 2.20. The van der Waals surface area contributed by atoms with Gasteiger partial charge >= 0.3 is 0 Å². The Morgan fingerprint density at radius 3 is 2.37 bits per heavy atom. The van der Waals surface area contributed by atoms with Crippen LogP contribution in [0.1, 0.15) is 5.56 Å². The predicted octanol–water partition coefficient (Wildman–Crippen LogP) is 4.03. The summed E-state index contributed by atoms with van der Waals surface area (Å²) in [5.41, 5.74) is 0.305. The second-order valence-corrected chi connectivity index (χ2v) is 6.33. The number of hydrogen-bond donors (Lipinski definition) is 1. The molecule has 0 amide bonds. The summed E-state index contributed by atoms with van der Waals surface area (Å²) in [5.74, 6) is -1.96. The molecule has 1 N–H and O–H groups in total. The molecule has 0 unspecified atom stereocenters. The molecule has 0 aliphatic carbocycles. The van der Waals surface area contributed by atoms with E-state index in [-0.39, 0.29) is 27.0 Å². The Morgan fingerprint density at radius 1 is 1.00 bits per heavy atom. The maximum absolute atomic E-state index is 14.0. The normalized spacial score (nSPS) is 11.7. The summed E-state index contributed by atoms with van der Waals surface area (Å²) < 4.78 is 28.6. The van der Waals surface area contributed by atoms with Crippen molar-refractivity contribution >= 4 is 46.0 Å². The highest BCUT2D eigenvalue weighted by Crippen LogP contribution is 2.24. The quantitative estimate of drug-likeness (QED) is 0.310. The molecule has 0 bridgehead atoms. The van der Waals surface area contributed by atoms with E-state index in [4.69, 9.17) is 23.8 Å². The second kappa shape index (κ2) is 8.24. The molecular formula is C20H13ClF2N2OS. The third-order valence-electron chi connectivity index (χ3n) is 3.70. The lowest BCUT2D eigenvalue weighted by molar-refractivity contribution is -0.577. The molecule has 3 nitrogen and oxygen atoms in total. The zero-order valence-electron chi connectivity index (χ0n) is 13.8. The Labute approximate surface area is 165 Å². The van der Waals surface area contributed by atoms with Crippen molar-refractivity contribution in [2.24, 2.45) is 0 Å². The van der Waals surface area contributed by atoms with Gasteiger partial charge in [0.2, 0.25) is 5.70 Å². The average Bonchev–Trinajstić information content (AvgIpc) is 2.65. The number of thiocarbonyl (C=S) groups is 1. The molecule has 0 atom stereocenters. The number of anilines is 1. The number of halogens is 3. The van der Waals surface area contributed by atoms with Gasteiger partial charge in [0.25, 0.3) is 0 Å². The van der Waals surface area contributed by atoms with Crippen molar-refractivity contribution in [1.29, 1.82) is 0 Å². The van der Waals surface area contributed by atoms with Gasteiger partial charge in [-0.2, -0.15) is 4.57 Å². The molecule has 7 heteroatoms. The average molecular weight is 403 g/mol. The number of rotatable bonds is 4. The Hall–Kier alpha value is -2.83. The molecule has 0 aliphatic rings. The van der Waals surface area contributed by atoms with Gasteiger partial charge in [-0.3, -0.25) is 0 Å². The third kappa shape index (κ3) is 4.30. The van der Waals surface area contributed by atoms with E-state index in [0.717, 1.165) is 12.1 Å². The molecule has 0 radical (unpaired) electrons. The fourth-order valence-corrected chi connectivity index (χ4v) is 2.96. The molecule has 3 aromatic rings. The Kier molecular flexibility index (Phi) is 5.78. The second-order valence-electron chi connectivity index (χ2n) is 5.52. The monoisotopic (exact) mass is 402 g/mol. The van der Waals surface area contributed by atoms with Crippen LogP contribution in [0.5, 0.6) is 0 Å². The van der Waals surface area contributed by atoms with Crippen LogP contribution in [0.2, 0.25) is 5.02 Å². The first-order valence-electron chi connectivity index (χ1n) is 7.86. The lowest BCUT2D eigenvalue weighted by Crippen LogP contribution is -2.39. The largest absolute Gasteiger partial charge is 0.867 e. The zero-order chi connectivity index (χ0) is 19.4. The summed E-state index contributed by atoms with van der Waals surface area (Å²) in [5, 5.41) is 16.1. The molecule has 0 fully saturated rings. The summed E-state index contributed by atoms with van der Waals surface area (Å²) in [4.78, 5) is -0.0263. The molecular weight excluding hydrogens is 390 g/mol. The van der Waals surface area contributed by atoms with Gasteiger partial charge in [-0.05, 0) is 29.5 Å². The van der Waals surface area contributed by atoms with Crippen molar-refractivity contribution in [2.75, 3.05) is 5.32 Å². The lowest BCUT2D eigenvalue weighted by Gasteiger charge is -2.18. The van der Waals surface area contributed by atoms with E-state index in [1.54, 1.807) is 54.9 Å². The highest BCUT2D eigenvalue weighted by molar-refractivity contribution is 7.81. The summed E-state index contributed by atoms with van der Waals surface area (Å²) in [6.07, 6.45) is 3.28. The number of aromatic nitrogens is 1. The summed E-state index contributed by atoms with van der Waals surface area (Å²) in [6.45, 7) is 0. The van der Waals surface area contributed by atoms with Crippen molar-refractivity contribution in [3.8, 4) is 0 Å². The first-order valence-corrected chi connectivity index (χ1v) is 8.65. The number of hydrogen-bond acceptors (Lipinski definition) is 2. The van der Waals surface area contributed by atoms with Crippen LogP contribution in [0.15, 0.2) is 73.1 Å². The van der Waals surface area contributed by atoms with Crippen molar-refractivity contribution in [3.05, 3.63) is 95.3 Å². The molecule has 0 aliphatic heterocycles. The first kappa shape index (κ1) is 18.9. The number of nitrogens with zero attached hydrogens (tertiary/aromatic N) is 1. The van der Waals surface area contributed by atoms with Gasteiger partial charge in [-0.1, -0.05) is 48.1 Å². The Balaban J connectivity index is 2.09. The van der Waals surface area contributed by atoms with E-state index >= 15 is 0 Å². The van der Waals surface area contributed by atoms with Gasteiger partial charge in [-0.25, -0.2) is 8.78 Å². The standard InChI is InChI=1S/C20H13ClF2N2OS/c21-15-7-3-2-6-14(15)19(26)18(25-10-4-1-5-11-25)20(27)24-17-9-8-13(22)12-16(17)23/h1-12H,(H-,24,26,27). The summed E-state index contributed by atoms with van der Waals surface area (Å²) >= 11 is 11.5. The van der Waals surface area contributed by atoms with Crippen LogP contribution < -0.4 is 15.0 Å². The molecule has 136 valence electrons. The molecule has 27 heavy (non-hydrogen) atoms. The smallest absolute Gasteiger partial charge is 0.238 e. The van der Waals surface area contributed by atoms with Crippen LogP contribution >= 0.6 is 23.8 Å². The maximum atomic E-state index is 14.0. The minimum Gasteiger partial charge on any atom is -0.867 e. The SMILES string of the molecule is [O-]C(=C(C(=S)Nc1ccc(F)cc1F)[n+]1ccccc1)c1ccccc1Cl. The lowest BCUT2D eigenvalue weighted by atomic mass is 10.1. The Bertz CT molecular complexity index is 1030. The molecule has 0 saturated heterocycles. The van der Waals surface area contributed by atoms with E-state index in [9.17, 15) is 13.9 Å². The molecule has 0 spiro atoms. The van der Waals surface area contributed by atoms with Crippen molar-refractivity contribution < 1.29 is 18.5 Å². The van der Waals surface area contributed by atoms with Gasteiger partial charge in [-0.15, -0.1) is 0 Å². The number of nitrogens with one attached hydrogen (secondary N) is 1. The van der Waals surface area contributed by atoms with Crippen LogP contribution in [-0.2, 0) is 0 Å². The van der Waals surface area contributed by atoms with E-state index in [1.807, 2.05) is 0 Å². The predicted molar refractivity (Wildman–Crippen MR) is 104 cm³/mol. The van der Waals surface area contributed by atoms with E-state index in [0.29, 0.717) is 0 Å². The van der Waals surface area contributed by atoms with Crippen molar-refractivity contribution in [1.82, 2.24) is 0 Å². The first-order chi connectivity index (χ1) is 13.0. The minimum atomic E-state index is -0.819. The molecule has 1 heterocycles. The fraction of sp³-hybridized carbons (Fsp3) is 0. The van der Waals surface area contributed by atoms with Gasteiger partial charge in [0.05, 0.1) is 5.69 Å². The third-order valence-corrected chi connectivity index (χ3v) is 4.33. The van der Waals surface area contributed by atoms with Crippen LogP contribution in [0, 0.1) is 11.6 Å². The molecule has 0 saturated carbocycles. The van der Waals surface area contributed by atoms with E-state index in [2.05, 4.69) is 5.32 Å². The molecule has 2 aromatic carbocycles. The molecule has 1 aromatic heterocycles. The van der Waals surface area contributed by atoms with Crippen molar-refractivity contribution in [2.45, 2.75) is 0 Å². The topological polar surface area (TPSA) is 39.0 Å². The van der Waals surface area contributed by atoms with E-state index in [1.165, 1.54) is 10.6 Å². The van der Waals surface area contributed by atoms with Gasteiger partial charge in [0.15, 0.2) is 17.4 Å². The van der Waals surface area contributed by atoms with Crippen LogP contribution in [0.4, 0.5) is 14.5 Å². The summed E-state index contributed by atoms with van der Waals surface area (Å²) in [6, 6.07) is 14.8. The Morgan fingerprint density at radius 2 is 1.70 bits per heavy atom. The van der Waals surface area contributed by atoms with Gasteiger partial charge < -0.3 is 10.4 Å². The highest BCUT2D eigenvalue weighted by atomic mass is 35.5.